The van der Waals surface area contributed by atoms with E-state index in [2.05, 4.69) is 4.98 Å². The number of nitrogens with zero attached hydrogens (tertiary/aromatic N) is 2. The fourth-order valence-corrected chi connectivity index (χ4v) is 1.74. The van der Waals surface area contributed by atoms with Gasteiger partial charge in [0.15, 0.2) is 0 Å². The Balaban J connectivity index is 0.00000900. The highest BCUT2D eigenvalue weighted by Gasteiger charge is 2.95. The van der Waals surface area contributed by atoms with Gasteiger partial charge in [0.05, 0.1) is 6.33 Å². The molecule has 0 aliphatic rings. The van der Waals surface area contributed by atoms with Gasteiger partial charge >= 0.3 is 47.8 Å². The fourth-order valence-electron chi connectivity index (χ4n) is 1.74. The summed E-state index contributed by atoms with van der Waals surface area (Å²) in [6, 6.07) is -6.63. The maximum atomic E-state index is 13.5. The summed E-state index contributed by atoms with van der Waals surface area (Å²) in [4.78, 5) is 2.62. The minimum atomic E-state index is -8.63. The first-order valence-electron chi connectivity index (χ1n) is 6.55. The van der Waals surface area contributed by atoms with E-state index in [-0.39, 0.29) is 24.8 Å². The second kappa shape index (κ2) is 7.43. The number of halogens is 18. The Kier molecular flexibility index (Phi) is 7.02. The molecular formula is C11H4ClF17N2. The quantitative estimate of drug-likeness (QED) is 0.389. The van der Waals surface area contributed by atoms with Crippen LogP contribution in [-0.4, -0.2) is 51.3 Å². The second-order valence-corrected chi connectivity index (χ2v) is 5.46. The standard InChI is InChI=1S/C11H3F17N2.ClH/c12-4(13,6(16,17)8(20,21)10(24,25)26)5(14,15)7(18,19)9(22,23)11(27,28)30-2-1-29-3-30;/h1-3H;1H. The van der Waals surface area contributed by atoms with Gasteiger partial charge < -0.3 is 0 Å². The van der Waals surface area contributed by atoms with Crippen molar-refractivity contribution < 1.29 is 74.6 Å². The fraction of sp³-hybridized carbons (Fsp3) is 0.727. The van der Waals surface area contributed by atoms with Gasteiger partial charge in [0, 0.05) is 12.4 Å². The SMILES string of the molecule is Cl.FC(F)(F)C(F)(F)C(F)(F)C(F)(F)C(F)(F)C(F)(F)C(F)(F)C(F)(F)n1ccnc1. The Hall–Kier alpha value is -1.69. The maximum Gasteiger partial charge on any atom is 0.460 e. The molecule has 2 nitrogen and oxygen atoms in total. The molecule has 0 saturated carbocycles. The molecule has 0 aromatic carbocycles. The van der Waals surface area contributed by atoms with Gasteiger partial charge in [-0.25, -0.2) is 4.98 Å². The van der Waals surface area contributed by atoms with E-state index < -0.39 is 58.7 Å². The highest BCUT2D eigenvalue weighted by atomic mass is 35.5. The molecule has 0 radical (unpaired) electrons. The molecule has 0 amide bonds. The molecule has 1 aromatic rings. The molecule has 20 heteroatoms. The second-order valence-electron chi connectivity index (χ2n) is 5.46. The van der Waals surface area contributed by atoms with Crippen LogP contribution >= 0.6 is 12.4 Å². The number of hydrogen-bond acceptors (Lipinski definition) is 1. The lowest BCUT2D eigenvalue weighted by atomic mass is 9.90. The van der Waals surface area contributed by atoms with Crippen molar-refractivity contribution >= 4 is 12.4 Å². The number of alkyl halides is 17. The van der Waals surface area contributed by atoms with Crippen molar-refractivity contribution in [3.63, 3.8) is 0 Å². The van der Waals surface area contributed by atoms with Crippen LogP contribution in [-0.2, 0) is 6.05 Å². The van der Waals surface area contributed by atoms with Crippen LogP contribution in [0.5, 0.6) is 0 Å². The first-order chi connectivity index (χ1) is 12.9. The lowest BCUT2D eigenvalue weighted by Crippen LogP contribution is -2.74. The van der Waals surface area contributed by atoms with Gasteiger partial charge in [0.1, 0.15) is 0 Å². The normalized spacial score (nSPS) is 15.6. The highest BCUT2D eigenvalue weighted by molar-refractivity contribution is 5.85. The summed E-state index contributed by atoms with van der Waals surface area (Å²) in [5, 5.41) is 0. The van der Waals surface area contributed by atoms with E-state index in [4.69, 9.17) is 0 Å². The Labute approximate surface area is 164 Å². The minimum Gasteiger partial charge on any atom is -0.272 e. The minimum absolute atomic E-state index is 0. The first-order valence-corrected chi connectivity index (χ1v) is 6.55. The molecule has 0 unspecified atom stereocenters. The smallest absolute Gasteiger partial charge is 0.272 e. The highest BCUT2D eigenvalue weighted by Crippen LogP contribution is 2.64. The van der Waals surface area contributed by atoms with Crippen LogP contribution < -0.4 is 0 Å². The summed E-state index contributed by atoms with van der Waals surface area (Å²) in [7, 11) is 0. The van der Waals surface area contributed by atoms with Crippen molar-refractivity contribution in [1.29, 1.82) is 0 Å². The lowest BCUT2D eigenvalue weighted by Gasteiger charge is -2.42. The maximum absolute atomic E-state index is 13.5. The Morgan fingerprint density at radius 1 is 0.484 bits per heavy atom. The van der Waals surface area contributed by atoms with Gasteiger partial charge in [0.25, 0.3) is 0 Å². The molecule has 184 valence electrons. The Morgan fingerprint density at radius 3 is 1.10 bits per heavy atom. The van der Waals surface area contributed by atoms with Crippen LogP contribution in [0.1, 0.15) is 0 Å². The van der Waals surface area contributed by atoms with Gasteiger partial charge in [-0.15, -0.1) is 12.4 Å². The average molecular weight is 523 g/mol. The molecule has 31 heavy (non-hydrogen) atoms. The third-order valence-corrected chi connectivity index (χ3v) is 3.53. The zero-order chi connectivity index (χ0) is 24.4. The number of rotatable bonds is 7. The predicted octanol–water partition coefficient (Wildman–Crippen LogP) is 6.23. The van der Waals surface area contributed by atoms with Crippen molar-refractivity contribution in [2.45, 2.75) is 47.8 Å². The van der Waals surface area contributed by atoms with Gasteiger partial charge in [-0.1, -0.05) is 0 Å². The van der Waals surface area contributed by atoms with E-state index >= 15 is 0 Å². The topological polar surface area (TPSA) is 17.8 Å². The molecule has 0 spiro atoms. The molecule has 0 N–H and O–H groups in total. The van der Waals surface area contributed by atoms with Gasteiger partial charge in [-0.05, 0) is 0 Å². The Morgan fingerprint density at radius 2 is 0.806 bits per heavy atom. The molecule has 0 saturated heterocycles. The average Bonchev–Trinajstić information content (AvgIpc) is 3.07. The van der Waals surface area contributed by atoms with E-state index in [1.54, 1.807) is 0 Å². The van der Waals surface area contributed by atoms with E-state index in [9.17, 15) is 74.6 Å². The summed E-state index contributed by atoms with van der Waals surface area (Å²) in [5.41, 5.74) is 0. The van der Waals surface area contributed by atoms with E-state index in [0.29, 0.717) is 0 Å². The molecule has 0 atom stereocenters. The van der Waals surface area contributed by atoms with Crippen molar-refractivity contribution in [2.24, 2.45) is 0 Å². The van der Waals surface area contributed by atoms with Crippen molar-refractivity contribution in [2.75, 3.05) is 0 Å². The molecular weight excluding hydrogens is 519 g/mol. The molecule has 0 aliphatic carbocycles. The van der Waals surface area contributed by atoms with Gasteiger partial charge in [-0.2, -0.15) is 74.6 Å². The summed E-state index contributed by atoms with van der Waals surface area (Å²) in [6.07, 6.45) is -8.35. The van der Waals surface area contributed by atoms with E-state index in [0.717, 1.165) is 0 Å². The largest absolute Gasteiger partial charge is 0.460 e. The third-order valence-electron chi connectivity index (χ3n) is 3.53. The molecule has 0 bridgehead atoms. The van der Waals surface area contributed by atoms with Crippen molar-refractivity contribution in [1.82, 2.24) is 9.55 Å². The van der Waals surface area contributed by atoms with Gasteiger partial charge in [0.2, 0.25) is 0 Å². The zero-order valence-electron chi connectivity index (χ0n) is 13.5. The van der Waals surface area contributed by atoms with E-state index in [1.165, 1.54) is 0 Å². The number of hydrogen-bond donors (Lipinski definition) is 0. The number of aromatic nitrogens is 2. The molecule has 0 fully saturated rings. The van der Waals surface area contributed by atoms with E-state index in [1.807, 2.05) is 0 Å². The summed E-state index contributed by atoms with van der Waals surface area (Å²) < 4.78 is 219. The van der Waals surface area contributed by atoms with Crippen molar-refractivity contribution in [3.8, 4) is 0 Å². The summed E-state index contributed by atoms with van der Waals surface area (Å²) in [6.45, 7) is 0. The van der Waals surface area contributed by atoms with Crippen molar-refractivity contribution in [3.05, 3.63) is 18.7 Å². The third kappa shape index (κ3) is 3.55. The van der Waals surface area contributed by atoms with Crippen LogP contribution in [0.2, 0.25) is 0 Å². The molecule has 1 heterocycles. The van der Waals surface area contributed by atoms with Crippen LogP contribution in [0.15, 0.2) is 18.7 Å². The van der Waals surface area contributed by atoms with Crippen LogP contribution in [0.4, 0.5) is 74.6 Å². The summed E-state index contributed by atoms with van der Waals surface area (Å²) in [5.74, 6) is -49.9. The van der Waals surface area contributed by atoms with Gasteiger partial charge in [-0.3, -0.25) is 4.57 Å². The monoisotopic (exact) mass is 522 g/mol. The Bertz CT molecular complexity index is 751. The lowest BCUT2D eigenvalue weighted by molar-refractivity contribution is -0.466. The predicted molar refractivity (Wildman–Crippen MR) is 65.4 cm³/mol. The number of imidazole rings is 1. The van der Waals surface area contributed by atoms with Crippen LogP contribution in [0.3, 0.4) is 0 Å². The first kappa shape index (κ1) is 29.3. The zero-order valence-corrected chi connectivity index (χ0v) is 14.3. The molecule has 0 aliphatic heterocycles. The van der Waals surface area contributed by atoms with Crippen LogP contribution in [0, 0.1) is 0 Å². The van der Waals surface area contributed by atoms with Crippen LogP contribution in [0.25, 0.3) is 0 Å². The molecule has 1 aromatic heterocycles. The molecule has 1 rings (SSSR count). The summed E-state index contributed by atoms with van der Waals surface area (Å²) >= 11 is 0.